The van der Waals surface area contributed by atoms with Crippen molar-refractivity contribution in [2.45, 2.75) is 33.2 Å². The summed E-state index contributed by atoms with van der Waals surface area (Å²) in [5.41, 5.74) is 5.24. The quantitative estimate of drug-likeness (QED) is 0.560. The molecule has 3 nitrogen and oxygen atoms in total. The Morgan fingerprint density at radius 2 is 1.75 bits per heavy atom. The Morgan fingerprint density at radius 3 is 2.54 bits per heavy atom. The normalized spacial score (nSPS) is 11.1. The van der Waals surface area contributed by atoms with Crippen LogP contribution in [0.25, 0.3) is 11.0 Å². The zero-order valence-corrected chi connectivity index (χ0v) is 14.3. The van der Waals surface area contributed by atoms with Crippen molar-refractivity contribution in [2.24, 2.45) is 0 Å². The summed E-state index contributed by atoms with van der Waals surface area (Å²) in [4.78, 5) is 11.8. The lowest BCUT2D eigenvalue weighted by molar-refractivity contribution is -0.670. The molecule has 0 aliphatic carbocycles. The molecule has 0 spiro atoms. The van der Waals surface area contributed by atoms with E-state index in [1.165, 1.54) is 11.1 Å². The van der Waals surface area contributed by atoms with Crippen molar-refractivity contribution < 1.29 is 9.73 Å². The summed E-state index contributed by atoms with van der Waals surface area (Å²) in [6, 6.07) is 16.3. The summed E-state index contributed by atoms with van der Waals surface area (Å²) < 4.78 is 5.35. The van der Waals surface area contributed by atoms with Crippen LogP contribution in [0.4, 0.5) is 0 Å². The molecule has 2 aromatic carbocycles. The Morgan fingerprint density at radius 1 is 1.00 bits per heavy atom. The van der Waals surface area contributed by atoms with Crippen LogP contribution in [-0.4, -0.2) is 6.54 Å². The molecular formula is C21H24NO2+. The molecule has 3 aromatic rings. The molecule has 3 heteroatoms. The van der Waals surface area contributed by atoms with Gasteiger partial charge in [-0.25, -0.2) is 4.79 Å². The van der Waals surface area contributed by atoms with Crippen molar-refractivity contribution in [2.75, 3.05) is 6.54 Å². The average molecular weight is 322 g/mol. The van der Waals surface area contributed by atoms with Crippen LogP contribution >= 0.6 is 0 Å². The molecule has 0 aliphatic heterocycles. The number of quaternary nitrogens is 1. The van der Waals surface area contributed by atoms with Gasteiger partial charge in [0.2, 0.25) is 0 Å². The van der Waals surface area contributed by atoms with Crippen LogP contribution in [0.3, 0.4) is 0 Å². The number of hydrogen-bond donors (Lipinski definition) is 1. The molecule has 0 saturated carbocycles. The van der Waals surface area contributed by atoms with E-state index in [2.05, 4.69) is 42.6 Å². The average Bonchev–Trinajstić information content (AvgIpc) is 2.57. The van der Waals surface area contributed by atoms with Crippen LogP contribution in [0.15, 0.2) is 57.7 Å². The number of rotatable bonds is 6. The second kappa shape index (κ2) is 7.45. The van der Waals surface area contributed by atoms with Gasteiger partial charge in [-0.2, -0.15) is 0 Å². The Bertz CT molecular complexity index is 881. The molecule has 0 atom stereocenters. The minimum absolute atomic E-state index is 0.265. The van der Waals surface area contributed by atoms with Crippen LogP contribution in [0, 0.1) is 13.8 Å². The summed E-state index contributed by atoms with van der Waals surface area (Å²) in [5.74, 6) is 0. The van der Waals surface area contributed by atoms with Crippen LogP contribution in [0.5, 0.6) is 0 Å². The first kappa shape index (κ1) is 16.5. The van der Waals surface area contributed by atoms with Crippen LogP contribution in [-0.2, 0) is 13.0 Å². The molecule has 0 unspecified atom stereocenters. The summed E-state index contributed by atoms with van der Waals surface area (Å²) in [6.45, 7) is 5.98. The molecule has 24 heavy (non-hydrogen) atoms. The molecule has 3 rings (SSSR count). The lowest BCUT2D eigenvalue weighted by atomic mass is 10.0. The van der Waals surface area contributed by atoms with E-state index in [1.54, 1.807) is 6.07 Å². The maximum atomic E-state index is 11.8. The Labute approximate surface area is 142 Å². The van der Waals surface area contributed by atoms with Gasteiger partial charge in [0, 0.05) is 23.4 Å². The first-order valence-corrected chi connectivity index (χ1v) is 8.53. The maximum Gasteiger partial charge on any atom is 0.336 e. The fraction of sp³-hybridized carbons (Fsp3) is 0.286. The molecule has 0 radical (unpaired) electrons. The van der Waals surface area contributed by atoms with E-state index < -0.39 is 0 Å². The Hall–Kier alpha value is -2.39. The highest BCUT2D eigenvalue weighted by Crippen LogP contribution is 2.21. The van der Waals surface area contributed by atoms with E-state index >= 15 is 0 Å². The standard InChI is InChI=1S/C21H23NO2/c1-15-11-19-18(13-21(23)24-20(19)12-16(15)2)14-22-10-6-9-17-7-4-3-5-8-17/h3-5,7-8,11-13,22H,6,9-10,14H2,1-2H3/p+1. The third-order valence-corrected chi connectivity index (χ3v) is 4.53. The molecule has 2 N–H and O–H groups in total. The zero-order chi connectivity index (χ0) is 16.9. The molecule has 124 valence electrons. The van der Waals surface area contributed by atoms with E-state index in [0.717, 1.165) is 42.4 Å². The lowest BCUT2D eigenvalue weighted by Crippen LogP contribution is -2.82. The smallest absolute Gasteiger partial charge is 0.336 e. The number of nitrogens with two attached hydrogens (primary N) is 1. The van der Waals surface area contributed by atoms with Crippen LogP contribution in [0.2, 0.25) is 0 Å². The van der Waals surface area contributed by atoms with Gasteiger partial charge in [0.25, 0.3) is 0 Å². The van der Waals surface area contributed by atoms with Gasteiger partial charge in [-0.1, -0.05) is 30.3 Å². The third-order valence-electron chi connectivity index (χ3n) is 4.53. The molecule has 0 bridgehead atoms. The summed E-state index contributed by atoms with van der Waals surface area (Å²) >= 11 is 0. The molecular weight excluding hydrogens is 298 g/mol. The summed E-state index contributed by atoms with van der Waals surface area (Å²) in [7, 11) is 0. The second-order valence-corrected chi connectivity index (χ2v) is 6.39. The highest BCUT2D eigenvalue weighted by Gasteiger charge is 2.09. The fourth-order valence-electron chi connectivity index (χ4n) is 3.00. The van der Waals surface area contributed by atoms with Crippen molar-refractivity contribution >= 4 is 11.0 Å². The molecule has 0 fully saturated rings. The van der Waals surface area contributed by atoms with Gasteiger partial charge < -0.3 is 9.73 Å². The van der Waals surface area contributed by atoms with Gasteiger partial charge in [0.15, 0.2) is 0 Å². The molecule has 1 heterocycles. The minimum atomic E-state index is -0.265. The predicted octanol–water partition coefficient (Wildman–Crippen LogP) is 3.11. The van der Waals surface area contributed by atoms with Crippen molar-refractivity contribution in [3.63, 3.8) is 0 Å². The maximum absolute atomic E-state index is 11.8. The van der Waals surface area contributed by atoms with Gasteiger partial charge in [0.1, 0.15) is 12.1 Å². The Kier molecular flexibility index (Phi) is 5.11. The van der Waals surface area contributed by atoms with Crippen LogP contribution in [0.1, 0.15) is 28.7 Å². The van der Waals surface area contributed by atoms with Crippen LogP contribution < -0.4 is 10.9 Å². The van der Waals surface area contributed by atoms with Gasteiger partial charge in [0.05, 0.1) is 6.54 Å². The first-order chi connectivity index (χ1) is 11.6. The Balaban J connectivity index is 1.64. The number of fused-ring (bicyclic) bond motifs is 1. The SMILES string of the molecule is Cc1cc2oc(=O)cc(C[NH2+]CCCc3ccccc3)c2cc1C. The van der Waals surface area contributed by atoms with Crippen molar-refractivity contribution in [1.29, 1.82) is 0 Å². The number of benzene rings is 2. The lowest BCUT2D eigenvalue weighted by Gasteiger charge is -2.08. The van der Waals surface area contributed by atoms with Gasteiger partial charge in [-0.15, -0.1) is 0 Å². The second-order valence-electron chi connectivity index (χ2n) is 6.39. The van der Waals surface area contributed by atoms with Crippen molar-refractivity contribution in [3.8, 4) is 0 Å². The monoisotopic (exact) mass is 322 g/mol. The highest BCUT2D eigenvalue weighted by atomic mass is 16.4. The minimum Gasteiger partial charge on any atom is -0.423 e. The zero-order valence-electron chi connectivity index (χ0n) is 14.3. The largest absolute Gasteiger partial charge is 0.423 e. The van der Waals surface area contributed by atoms with E-state index in [0.29, 0.717) is 5.58 Å². The van der Waals surface area contributed by atoms with E-state index in [-0.39, 0.29) is 5.63 Å². The van der Waals surface area contributed by atoms with Crippen molar-refractivity contribution in [3.05, 3.63) is 81.2 Å². The number of aryl methyl sites for hydroxylation is 3. The van der Waals surface area contributed by atoms with E-state index in [4.69, 9.17) is 4.42 Å². The fourth-order valence-corrected chi connectivity index (χ4v) is 3.00. The molecule has 0 saturated heterocycles. The summed E-state index contributed by atoms with van der Waals surface area (Å²) in [6.07, 6.45) is 2.22. The van der Waals surface area contributed by atoms with Crippen molar-refractivity contribution in [1.82, 2.24) is 0 Å². The highest BCUT2D eigenvalue weighted by molar-refractivity contribution is 5.81. The predicted molar refractivity (Wildman–Crippen MR) is 97.2 cm³/mol. The van der Waals surface area contributed by atoms with Gasteiger partial charge in [-0.3, -0.25) is 0 Å². The van der Waals surface area contributed by atoms with E-state index in [1.807, 2.05) is 19.1 Å². The third kappa shape index (κ3) is 3.92. The molecule has 0 aliphatic rings. The topological polar surface area (TPSA) is 46.8 Å². The number of hydrogen-bond acceptors (Lipinski definition) is 2. The first-order valence-electron chi connectivity index (χ1n) is 8.53. The summed E-state index contributed by atoms with van der Waals surface area (Å²) in [5, 5.41) is 3.32. The molecule has 1 aromatic heterocycles. The van der Waals surface area contributed by atoms with Gasteiger partial charge >= 0.3 is 5.63 Å². The van der Waals surface area contributed by atoms with Gasteiger partial charge in [-0.05, 0) is 49.1 Å². The van der Waals surface area contributed by atoms with E-state index in [9.17, 15) is 4.79 Å². The molecule has 0 amide bonds.